The summed E-state index contributed by atoms with van der Waals surface area (Å²) in [6.45, 7) is 9.96. The van der Waals surface area contributed by atoms with Gasteiger partial charge in [-0.15, -0.1) is 0 Å². The Morgan fingerprint density at radius 1 is 1.17 bits per heavy atom. The van der Waals surface area contributed by atoms with Crippen molar-refractivity contribution in [2.45, 2.75) is 46.1 Å². The number of methoxy groups -OCH3 is 1. The van der Waals surface area contributed by atoms with Crippen LogP contribution in [0.2, 0.25) is 0 Å². The summed E-state index contributed by atoms with van der Waals surface area (Å²) in [5.74, 6) is 2.16. The molecule has 0 spiro atoms. The van der Waals surface area contributed by atoms with Gasteiger partial charge in [0.1, 0.15) is 5.75 Å². The Bertz CT molecular complexity index is 349. The van der Waals surface area contributed by atoms with Crippen LogP contribution >= 0.6 is 0 Å². The molecule has 1 aromatic rings. The van der Waals surface area contributed by atoms with Gasteiger partial charge in [-0.3, -0.25) is 0 Å². The van der Waals surface area contributed by atoms with E-state index in [2.05, 4.69) is 51.2 Å². The number of ether oxygens (including phenoxy) is 1. The van der Waals surface area contributed by atoms with E-state index in [-0.39, 0.29) is 0 Å². The molecule has 0 amide bonds. The van der Waals surface area contributed by atoms with E-state index in [4.69, 9.17) is 4.74 Å². The molecule has 0 heterocycles. The van der Waals surface area contributed by atoms with E-state index in [1.54, 1.807) is 7.11 Å². The Hall–Kier alpha value is -1.02. The zero-order valence-electron chi connectivity index (χ0n) is 12.4. The Morgan fingerprint density at radius 2 is 1.83 bits per heavy atom. The van der Waals surface area contributed by atoms with Crippen molar-refractivity contribution in [2.24, 2.45) is 5.92 Å². The molecule has 102 valence electrons. The van der Waals surface area contributed by atoms with Gasteiger partial charge in [-0.25, -0.2) is 0 Å². The molecular formula is C16H27NO. The van der Waals surface area contributed by atoms with Gasteiger partial charge < -0.3 is 10.1 Å². The second-order valence-corrected chi connectivity index (χ2v) is 5.30. The van der Waals surface area contributed by atoms with E-state index in [1.165, 1.54) is 12.0 Å². The third kappa shape index (κ3) is 4.02. The van der Waals surface area contributed by atoms with Crippen LogP contribution in [0.5, 0.6) is 5.75 Å². The summed E-state index contributed by atoms with van der Waals surface area (Å²) in [6.07, 6.45) is 1.18. The van der Waals surface area contributed by atoms with Crippen molar-refractivity contribution in [1.82, 2.24) is 5.32 Å². The van der Waals surface area contributed by atoms with Crippen molar-refractivity contribution < 1.29 is 4.74 Å². The van der Waals surface area contributed by atoms with Crippen LogP contribution in [-0.2, 0) is 0 Å². The Morgan fingerprint density at radius 3 is 2.39 bits per heavy atom. The van der Waals surface area contributed by atoms with Gasteiger partial charge in [0.05, 0.1) is 7.11 Å². The van der Waals surface area contributed by atoms with Crippen LogP contribution in [0, 0.1) is 5.92 Å². The molecule has 0 saturated carbocycles. The fourth-order valence-electron chi connectivity index (χ4n) is 2.24. The van der Waals surface area contributed by atoms with Gasteiger partial charge in [0.2, 0.25) is 0 Å². The van der Waals surface area contributed by atoms with Gasteiger partial charge in [-0.1, -0.05) is 52.3 Å². The minimum Gasteiger partial charge on any atom is -0.496 e. The third-order valence-corrected chi connectivity index (χ3v) is 3.62. The van der Waals surface area contributed by atoms with Crippen LogP contribution in [-0.4, -0.2) is 19.7 Å². The lowest BCUT2D eigenvalue weighted by Gasteiger charge is -2.26. The minimum atomic E-state index is 0.508. The second-order valence-electron chi connectivity index (χ2n) is 5.30. The molecule has 0 aliphatic carbocycles. The predicted molar refractivity (Wildman–Crippen MR) is 78.3 cm³/mol. The van der Waals surface area contributed by atoms with E-state index in [1.807, 2.05) is 6.07 Å². The summed E-state index contributed by atoms with van der Waals surface area (Å²) >= 11 is 0. The summed E-state index contributed by atoms with van der Waals surface area (Å²) in [6, 6.07) is 8.90. The number of hydrogen-bond donors (Lipinski definition) is 1. The maximum Gasteiger partial charge on any atom is 0.122 e. The number of rotatable bonds is 7. The van der Waals surface area contributed by atoms with Crippen LogP contribution in [0.25, 0.3) is 0 Å². The van der Waals surface area contributed by atoms with E-state index in [0.717, 1.165) is 12.3 Å². The standard InChI is InChI=1S/C16H27NO/c1-6-13(4)15(11-17-12(2)3)14-9-7-8-10-16(14)18-5/h7-10,12-13,15,17H,6,11H2,1-5H3. The highest BCUT2D eigenvalue weighted by Crippen LogP contribution is 2.32. The van der Waals surface area contributed by atoms with Crippen molar-refractivity contribution in [3.05, 3.63) is 29.8 Å². The molecule has 0 aromatic heterocycles. The Labute approximate surface area is 112 Å². The van der Waals surface area contributed by atoms with Crippen LogP contribution < -0.4 is 10.1 Å². The molecule has 0 radical (unpaired) electrons. The van der Waals surface area contributed by atoms with Crippen LogP contribution in [0.15, 0.2) is 24.3 Å². The van der Waals surface area contributed by atoms with Gasteiger partial charge in [-0.2, -0.15) is 0 Å². The summed E-state index contributed by atoms with van der Waals surface area (Å²) in [7, 11) is 1.75. The highest BCUT2D eigenvalue weighted by Gasteiger charge is 2.21. The molecule has 1 N–H and O–H groups in total. The molecular weight excluding hydrogens is 222 g/mol. The van der Waals surface area contributed by atoms with Crippen molar-refractivity contribution in [1.29, 1.82) is 0 Å². The quantitative estimate of drug-likeness (QED) is 0.793. The van der Waals surface area contributed by atoms with Crippen LogP contribution in [0.3, 0.4) is 0 Å². The largest absolute Gasteiger partial charge is 0.496 e. The monoisotopic (exact) mass is 249 g/mol. The van der Waals surface area contributed by atoms with Crippen molar-refractivity contribution in [3.8, 4) is 5.75 Å². The fourth-order valence-corrected chi connectivity index (χ4v) is 2.24. The van der Waals surface area contributed by atoms with E-state index < -0.39 is 0 Å². The van der Waals surface area contributed by atoms with Gasteiger partial charge in [0, 0.05) is 18.5 Å². The van der Waals surface area contributed by atoms with Gasteiger partial charge >= 0.3 is 0 Å². The average Bonchev–Trinajstić information content (AvgIpc) is 2.38. The van der Waals surface area contributed by atoms with Gasteiger partial charge in [-0.05, 0) is 17.5 Å². The summed E-state index contributed by atoms with van der Waals surface area (Å²) < 4.78 is 5.50. The number of nitrogens with one attached hydrogen (secondary N) is 1. The lowest BCUT2D eigenvalue weighted by molar-refractivity contribution is 0.372. The molecule has 2 nitrogen and oxygen atoms in total. The molecule has 0 aliphatic rings. The molecule has 0 fully saturated rings. The third-order valence-electron chi connectivity index (χ3n) is 3.62. The first kappa shape index (κ1) is 15.0. The summed E-state index contributed by atoms with van der Waals surface area (Å²) in [4.78, 5) is 0. The molecule has 0 saturated heterocycles. The van der Waals surface area contributed by atoms with Crippen molar-refractivity contribution >= 4 is 0 Å². The normalized spacial score (nSPS) is 14.6. The molecule has 18 heavy (non-hydrogen) atoms. The molecule has 2 unspecified atom stereocenters. The first-order valence-corrected chi connectivity index (χ1v) is 6.96. The van der Waals surface area contributed by atoms with Crippen molar-refractivity contribution in [2.75, 3.05) is 13.7 Å². The fraction of sp³-hybridized carbons (Fsp3) is 0.625. The van der Waals surface area contributed by atoms with E-state index >= 15 is 0 Å². The lowest BCUT2D eigenvalue weighted by Crippen LogP contribution is -2.30. The predicted octanol–water partition coefficient (Wildman–Crippen LogP) is 3.82. The van der Waals surface area contributed by atoms with Gasteiger partial charge in [0.15, 0.2) is 0 Å². The molecule has 2 heteroatoms. The van der Waals surface area contributed by atoms with E-state index in [0.29, 0.717) is 17.9 Å². The maximum atomic E-state index is 5.50. The first-order valence-electron chi connectivity index (χ1n) is 6.96. The zero-order chi connectivity index (χ0) is 13.5. The zero-order valence-corrected chi connectivity index (χ0v) is 12.4. The highest BCUT2D eigenvalue weighted by atomic mass is 16.5. The maximum absolute atomic E-state index is 5.50. The number of benzene rings is 1. The van der Waals surface area contributed by atoms with Crippen LogP contribution in [0.1, 0.15) is 45.6 Å². The Balaban J connectivity index is 2.93. The smallest absolute Gasteiger partial charge is 0.122 e. The number of para-hydroxylation sites is 1. The SMILES string of the molecule is CCC(C)C(CNC(C)C)c1ccccc1OC. The molecule has 0 bridgehead atoms. The summed E-state index contributed by atoms with van der Waals surface area (Å²) in [5, 5.41) is 3.56. The van der Waals surface area contributed by atoms with E-state index in [9.17, 15) is 0 Å². The molecule has 0 aliphatic heterocycles. The Kier molecular flexibility index (Phi) is 6.20. The molecule has 1 aromatic carbocycles. The second kappa shape index (κ2) is 7.42. The highest BCUT2D eigenvalue weighted by molar-refractivity contribution is 5.36. The number of hydrogen-bond acceptors (Lipinski definition) is 2. The lowest BCUT2D eigenvalue weighted by atomic mass is 9.85. The molecule has 1 rings (SSSR count). The van der Waals surface area contributed by atoms with Crippen LogP contribution in [0.4, 0.5) is 0 Å². The van der Waals surface area contributed by atoms with Crippen molar-refractivity contribution in [3.63, 3.8) is 0 Å². The summed E-state index contributed by atoms with van der Waals surface area (Å²) in [5.41, 5.74) is 1.32. The molecule has 2 atom stereocenters. The minimum absolute atomic E-state index is 0.508. The first-order chi connectivity index (χ1) is 8.60. The average molecular weight is 249 g/mol. The van der Waals surface area contributed by atoms with Gasteiger partial charge in [0.25, 0.3) is 0 Å². The topological polar surface area (TPSA) is 21.3 Å².